The zero-order valence-electron chi connectivity index (χ0n) is 16.7. The molecular formula is C22H32N2O3. The number of nitrogens with zero attached hydrogens (tertiary/aromatic N) is 2. The third-order valence-corrected chi connectivity index (χ3v) is 5.70. The number of carbonyl (C=O) groups excluding carboxylic acids is 2. The number of rotatable bonds is 6. The van der Waals surface area contributed by atoms with E-state index < -0.39 is 0 Å². The zero-order valence-corrected chi connectivity index (χ0v) is 16.7. The van der Waals surface area contributed by atoms with E-state index in [1.165, 1.54) is 5.56 Å². The Balaban J connectivity index is 1.67. The van der Waals surface area contributed by atoms with Crippen LogP contribution >= 0.6 is 0 Å². The van der Waals surface area contributed by atoms with Crippen molar-refractivity contribution >= 4 is 11.8 Å². The number of piperidine rings is 1. The van der Waals surface area contributed by atoms with E-state index in [0.29, 0.717) is 19.6 Å². The van der Waals surface area contributed by atoms with E-state index in [1.807, 2.05) is 35.8 Å². The van der Waals surface area contributed by atoms with Gasteiger partial charge in [-0.25, -0.2) is 0 Å². The summed E-state index contributed by atoms with van der Waals surface area (Å²) in [6, 6.07) is 8.30. The highest BCUT2D eigenvalue weighted by molar-refractivity contribution is 5.82. The Morgan fingerprint density at radius 1 is 1.07 bits per heavy atom. The summed E-state index contributed by atoms with van der Waals surface area (Å²) in [5.41, 5.74) is 1.18. The van der Waals surface area contributed by atoms with Crippen LogP contribution in [-0.4, -0.2) is 47.9 Å². The maximum Gasteiger partial charge on any atom is 0.227 e. The third-order valence-electron chi connectivity index (χ3n) is 5.70. The van der Waals surface area contributed by atoms with Gasteiger partial charge < -0.3 is 14.5 Å². The number of hydrogen-bond acceptors (Lipinski definition) is 3. The summed E-state index contributed by atoms with van der Waals surface area (Å²) in [5.74, 6) is 1.23. The second-order valence-corrected chi connectivity index (χ2v) is 7.62. The van der Waals surface area contributed by atoms with E-state index in [0.717, 1.165) is 50.9 Å². The normalized spacial score (nSPS) is 22.7. The van der Waals surface area contributed by atoms with Crippen molar-refractivity contribution in [2.24, 2.45) is 5.92 Å². The van der Waals surface area contributed by atoms with Crippen molar-refractivity contribution in [1.82, 2.24) is 9.80 Å². The molecule has 2 heterocycles. The first kappa shape index (κ1) is 19.7. The highest BCUT2D eigenvalue weighted by atomic mass is 16.5. The lowest BCUT2D eigenvalue weighted by Crippen LogP contribution is -2.46. The quantitative estimate of drug-likeness (QED) is 0.763. The van der Waals surface area contributed by atoms with Crippen LogP contribution in [0.5, 0.6) is 5.75 Å². The van der Waals surface area contributed by atoms with E-state index in [9.17, 15) is 9.59 Å². The van der Waals surface area contributed by atoms with Crippen LogP contribution in [0, 0.1) is 5.92 Å². The number of ether oxygens (including phenoxy) is 1. The Kier molecular flexibility index (Phi) is 6.75. The van der Waals surface area contributed by atoms with Gasteiger partial charge in [0, 0.05) is 26.1 Å². The lowest BCUT2D eigenvalue weighted by molar-refractivity contribution is -0.141. The van der Waals surface area contributed by atoms with Crippen LogP contribution in [0.3, 0.4) is 0 Å². The molecule has 0 aliphatic carbocycles. The van der Waals surface area contributed by atoms with Crippen molar-refractivity contribution in [3.63, 3.8) is 0 Å². The van der Waals surface area contributed by atoms with Gasteiger partial charge in [0.05, 0.1) is 18.6 Å². The molecule has 5 heteroatoms. The van der Waals surface area contributed by atoms with Crippen molar-refractivity contribution in [1.29, 1.82) is 0 Å². The Morgan fingerprint density at radius 3 is 2.52 bits per heavy atom. The fourth-order valence-electron chi connectivity index (χ4n) is 4.34. The molecule has 2 aliphatic heterocycles. The number of amides is 2. The van der Waals surface area contributed by atoms with Gasteiger partial charge in [-0.2, -0.15) is 0 Å². The van der Waals surface area contributed by atoms with Crippen molar-refractivity contribution in [2.45, 2.75) is 58.4 Å². The SMILES string of the molecule is CCCC(=O)N1CCCC(C(=O)N2CCCC2c2ccc(OCC)cc2)C1. The van der Waals surface area contributed by atoms with E-state index in [4.69, 9.17) is 4.74 Å². The van der Waals surface area contributed by atoms with Gasteiger partial charge in [0.2, 0.25) is 11.8 Å². The molecule has 148 valence electrons. The standard InChI is InChI=1S/C22H32N2O3/c1-3-7-21(25)23-14-5-8-18(16-23)22(26)24-15-6-9-20(24)17-10-12-19(13-11-17)27-4-2/h10-13,18,20H,3-9,14-16H2,1-2H3. The van der Waals surface area contributed by atoms with Crippen LogP contribution in [-0.2, 0) is 9.59 Å². The summed E-state index contributed by atoms with van der Waals surface area (Å²) < 4.78 is 5.53. The van der Waals surface area contributed by atoms with Gasteiger partial charge in [-0.05, 0) is 56.7 Å². The van der Waals surface area contributed by atoms with Gasteiger partial charge in [0.15, 0.2) is 0 Å². The molecule has 0 N–H and O–H groups in total. The maximum atomic E-state index is 13.2. The van der Waals surface area contributed by atoms with Crippen LogP contribution < -0.4 is 4.74 Å². The monoisotopic (exact) mass is 372 g/mol. The first-order chi connectivity index (χ1) is 13.1. The Hall–Kier alpha value is -2.04. The predicted molar refractivity (Wildman–Crippen MR) is 106 cm³/mol. The van der Waals surface area contributed by atoms with Gasteiger partial charge in [-0.15, -0.1) is 0 Å². The van der Waals surface area contributed by atoms with E-state index in [-0.39, 0.29) is 23.8 Å². The smallest absolute Gasteiger partial charge is 0.227 e. The molecule has 2 atom stereocenters. The Morgan fingerprint density at radius 2 is 1.81 bits per heavy atom. The summed E-state index contributed by atoms with van der Waals surface area (Å²) in [6.07, 6.45) is 5.30. The molecule has 0 radical (unpaired) electrons. The first-order valence-corrected chi connectivity index (χ1v) is 10.4. The fraction of sp³-hybridized carbons (Fsp3) is 0.636. The summed E-state index contributed by atoms with van der Waals surface area (Å²) in [4.78, 5) is 29.4. The van der Waals surface area contributed by atoms with E-state index in [1.54, 1.807) is 0 Å². The van der Waals surface area contributed by atoms with Crippen LogP contribution in [0.2, 0.25) is 0 Å². The molecular weight excluding hydrogens is 340 g/mol. The topological polar surface area (TPSA) is 49.9 Å². The molecule has 2 aliphatic rings. The minimum atomic E-state index is -0.0529. The van der Waals surface area contributed by atoms with Gasteiger partial charge in [-0.3, -0.25) is 9.59 Å². The second kappa shape index (κ2) is 9.25. The minimum Gasteiger partial charge on any atom is -0.494 e. The molecule has 2 amide bonds. The van der Waals surface area contributed by atoms with E-state index >= 15 is 0 Å². The highest BCUT2D eigenvalue weighted by Gasteiger charge is 2.36. The van der Waals surface area contributed by atoms with Crippen LogP contribution in [0.15, 0.2) is 24.3 Å². The number of hydrogen-bond donors (Lipinski definition) is 0. The molecule has 1 aromatic rings. The molecule has 0 aromatic heterocycles. The summed E-state index contributed by atoms with van der Waals surface area (Å²) in [7, 11) is 0. The third kappa shape index (κ3) is 4.63. The number of carbonyl (C=O) groups is 2. The summed E-state index contributed by atoms with van der Waals surface area (Å²) >= 11 is 0. The van der Waals surface area contributed by atoms with Crippen molar-refractivity contribution in [2.75, 3.05) is 26.2 Å². The highest BCUT2D eigenvalue weighted by Crippen LogP contribution is 2.35. The average molecular weight is 373 g/mol. The molecule has 1 aromatic carbocycles. The summed E-state index contributed by atoms with van der Waals surface area (Å²) in [5, 5.41) is 0. The molecule has 0 saturated carbocycles. The lowest BCUT2D eigenvalue weighted by atomic mass is 9.95. The minimum absolute atomic E-state index is 0.0529. The predicted octanol–water partition coefficient (Wildman–Crippen LogP) is 3.79. The van der Waals surface area contributed by atoms with Crippen LogP contribution in [0.1, 0.15) is 64.0 Å². The summed E-state index contributed by atoms with van der Waals surface area (Å²) in [6.45, 7) is 6.85. The first-order valence-electron chi connectivity index (χ1n) is 10.4. The van der Waals surface area contributed by atoms with E-state index in [2.05, 4.69) is 12.1 Å². The van der Waals surface area contributed by atoms with Gasteiger partial charge in [-0.1, -0.05) is 19.1 Å². The molecule has 2 fully saturated rings. The molecule has 0 spiro atoms. The number of benzene rings is 1. The van der Waals surface area contributed by atoms with Crippen LogP contribution in [0.25, 0.3) is 0 Å². The van der Waals surface area contributed by atoms with Crippen molar-refractivity contribution in [3.05, 3.63) is 29.8 Å². The van der Waals surface area contributed by atoms with Crippen molar-refractivity contribution in [3.8, 4) is 5.75 Å². The molecule has 0 bridgehead atoms. The van der Waals surface area contributed by atoms with Gasteiger partial charge >= 0.3 is 0 Å². The average Bonchev–Trinajstić information content (AvgIpc) is 3.18. The molecule has 3 rings (SSSR count). The Labute approximate surface area is 162 Å². The molecule has 2 saturated heterocycles. The van der Waals surface area contributed by atoms with Crippen LogP contribution in [0.4, 0.5) is 0 Å². The molecule has 5 nitrogen and oxygen atoms in total. The van der Waals surface area contributed by atoms with Gasteiger partial charge in [0.25, 0.3) is 0 Å². The van der Waals surface area contributed by atoms with Crippen molar-refractivity contribution < 1.29 is 14.3 Å². The fourth-order valence-corrected chi connectivity index (χ4v) is 4.34. The molecule has 2 unspecified atom stereocenters. The second-order valence-electron chi connectivity index (χ2n) is 7.62. The largest absolute Gasteiger partial charge is 0.494 e. The lowest BCUT2D eigenvalue weighted by Gasteiger charge is -2.36. The van der Waals surface area contributed by atoms with Gasteiger partial charge in [0.1, 0.15) is 5.75 Å². The molecule has 27 heavy (non-hydrogen) atoms. The maximum absolute atomic E-state index is 13.2. The Bertz CT molecular complexity index is 643. The number of likely N-dealkylation sites (tertiary alicyclic amines) is 2. The zero-order chi connectivity index (χ0) is 19.2.